The van der Waals surface area contributed by atoms with Crippen LogP contribution in [0, 0.1) is 0 Å². The Hall–Kier alpha value is -2.34. The molecule has 26 heavy (non-hydrogen) atoms. The minimum Gasteiger partial charge on any atom is -0.309 e. The zero-order valence-electron chi connectivity index (χ0n) is 14.6. The lowest BCUT2D eigenvalue weighted by Gasteiger charge is -2.23. The number of benzene rings is 3. The van der Waals surface area contributed by atoms with Gasteiger partial charge >= 0.3 is 0 Å². The van der Waals surface area contributed by atoms with Gasteiger partial charge in [-0.05, 0) is 42.8 Å². The molecule has 3 aromatic carbocycles. The summed E-state index contributed by atoms with van der Waals surface area (Å²) in [5, 5.41) is 2.95. The van der Waals surface area contributed by atoms with E-state index in [4.69, 9.17) is 11.6 Å². The molecule has 0 fully saturated rings. The molecule has 0 spiro atoms. The Bertz CT molecular complexity index is 974. The molecule has 0 radical (unpaired) electrons. The van der Waals surface area contributed by atoms with E-state index < -0.39 is 7.14 Å². The number of halogens is 1. The van der Waals surface area contributed by atoms with Crippen LogP contribution in [0.25, 0.3) is 5.31 Å². The molecule has 0 saturated heterocycles. The fraction of sp³-hybridized carbons (Fsp3) is 0.0435. The van der Waals surface area contributed by atoms with Gasteiger partial charge in [-0.25, -0.2) is 0 Å². The van der Waals surface area contributed by atoms with Gasteiger partial charge in [0.2, 0.25) is 0 Å². The lowest BCUT2D eigenvalue weighted by atomic mass is 10.2. The number of allylic oxidation sites excluding steroid dienone is 2. The Labute approximate surface area is 160 Å². The van der Waals surface area contributed by atoms with Crippen molar-refractivity contribution in [1.29, 1.82) is 0 Å². The van der Waals surface area contributed by atoms with Gasteiger partial charge in [-0.15, -0.1) is 0 Å². The van der Waals surface area contributed by atoms with Gasteiger partial charge in [0.25, 0.3) is 0 Å². The van der Waals surface area contributed by atoms with Crippen molar-refractivity contribution in [2.24, 2.45) is 0 Å². The average Bonchev–Trinajstić information content (AvgIpc) is 2.67. The molecule has 0 N–H and O–H groups in total. The van der Waals surface area contributed by atoms with Crippen LogP contribution in [0.15, 0.2) is 103 Å². The zero-order chi connectivity index (χ0) is 18.6. The minimum absolute atomic E-state index is 0.624. The molecule has 0 aliphatic heterocycles. The molecule has 3 rings (SSSR count). The number of hydrogen-bond donors (Lipinski definition) is 0. The van der Waals surface area contributed by atoms with Gasteiger partial charge in [0.05, 0.1) is 0 Å². The summed E-state index contributed by atoms with van der Waals surface area (Å²) in [5.41, 5.74) is 1.78. The zero-order valence-corrected chi connectivity index (χ0v) is 16.3. The van der Waals surface area contributed by atoms with Gasteiger partial charge < -0.3 is 4.57 Å². The molecule has 0 bridgehead atoms. The SMILES string of the molecule is C=C(C)/C=C(\c1ccccc1)P(=O)(c1ccccc1)c1ccc(Cl)cc1. The average molecular weight is 379 g/mol. The molecule has 0 aliphatic carbocycles. The smallest absolute Gasteiger partial charge is 0.171 e. The molecule has 0 aliphatic rings. The fourth-order valence-corrected chi connectivity index (χ4v) is 5.97. The lowest BCUT2D eigenvalue weighted by molar-refractivity contribution is 0.593. The van der Waals surface area contributed by atoms with E-state index in [9.17, 15) is 4.57 Å². The van der Waals surface area contributed by atoms with Gasteiger partial charge in [-0.3, -0.25) is 0 Å². The van der Waals surface area contributed by atoms with E-state index in [2.05, 4.69) is 6.58 Å². The Morgan fingerprint density at radius 3 is 1.88 bits per heavy atom. The van der Waals surface area contributed by atoms with E-state index in [0.29, 0.717) is 5.02 Å². The summed E-state index contributed by atoms with van der Waals surface area (Å²) in [4.78, 5) is 0. The Morgan fingerprint density at radius 1 is 0.846 bits per heavy atom. The second-order valence-electron chi connectivity index (χ2n) is 6.16. The Balaban J connectivity index is 2.33. The summed E-state index contributed by atoms with van der Waals surface area (Å²) in [5.74, 6) is 0. The summed E-state index contributed by atoms with van der Waals surface area (Å²) in [7, 11) is -3.09. The molecule has 1 atom stereocenters. The van der Waals surface area contributed by atoms with Crippen molar-refractivity contribution < 1.29 is 4.57 Å². The predicted molar refractivity (Wildman–Crippen MR) is 114 cm³/mol. The second kappa shape index (κ2) is 7.91. The first kappa shape index (κ1) is 18.5. The van der Waals surface area contributed by atoms with Crippen LogP contribution in [-0.2, 0) is 4.57 Å². The molecule has 3 aromatic rings. The second-order valence-corrected chi connectivity index (χ2v) is 9.33. The highest BCUT2D eigenvalue weighted by Crippen LogP contribution is 2.57. The van der Waals surface area contributed by atoms with E-state index in [1.807, 2.05) is 85.8 Å². The predicted octanol–water partition coefficient (Wildman–Crippen LogP) is 6.27. The van der Waals surface area contributed by atoms with E-state index in [-0.39, 0.29) is 0 Å². The van der Waals surface area contributed by atoms with Crippen LogP contribution in [-0.4, -0.2) is 0 Å². The normalized spacial score (nSPS) is 13.8. The third-order valence-electron chi connectivity index (χ3n) is 4.10. The van der Waals surface area contributed by atoms with Crippen LogP contribution in [0.1, 0.15) is 12.5 Å². The Kier molecular flexibility index (Phi) is 5.61. The van der Waals surface area contributed by atoms with E-state index in [1.54, 1.807) is 12.1 Å². The minimum atomic E-state index is -3.09. The van der Waals surface area contributed by atoms with Gasteiger partial charge in [0, 0.05) is 20.9 Å². The maximum absolute atomic E-state index is 14.6. The third kappa shape index (κ3) is 3.75. The van der Waals surface area contributed by atoms with Crippen LogP contribution in [0.3, 0.4) is 0 Å². The van der Waals surface area contributed by atoms with Crippen molar-refractivity contribution in [3.05, 3.63) is 114 Å². The van der Waals surface area contributed by atoms with Crippen LogP contribution < -0.4 is 10.6 Å². The van der Waals surface area contributed by atoms with Crippen LogP contribution in [0.5, 0.6) is 0 Å². The monoisotopic (exact) mass is 378 g/mol. The fourth-order valence-electron chi connectivity index (χ4n) is 2.91. The van der Waals surface area contributed by atoms with Crippen LogP contribution >= 0.6 is 18.7 Å². The lowest BCUT2D eigenvalue weighted by Crippen LogP contribution is -2.17. The van der Waals surface area contributed by atoms with Crippen molar-refractivity contribution >= 4 is 34.7 Å². The van der Waals surface area contributed by atoms with Gasteiger partial charge in [-0.1, -0.05) is 84.4 Å². The number of hydrogen-bond acceptors (Lipinski definition) is 1. The quantitative estimate of drug-likeness (QED) is 0.377. The van der Waals surface area contributed by atoms with Crippen molar-refractivity contribution in [1.82, 2.24) is 0 Å². The van der Waals surface area contributed by atoms with Gasteiger partial charge in [0.15, 0.2) is 7.14 Å². The van der Waals surface area contributed by atoms with E-state index in [0.717, 1.165) is 27.1 Å². The molecule has 1 unspecified atom stereocenters. The summed E-state index contributed by atoms with van der Waals surface area (Å²) < 4.78 is 14.6. The molecule has 0 saturated carbocycles. The molecule has 1 nitrogen and oxygen atoms in total. The van der Waals surface area contributed by atoms with Gasteiger partial charge in [0.1, 0.15) is 0 Å². The third-order valence-corrected chi connectivity index (χ3v) is 7.47. The first-order valence-corrected chi connectivity index (χ1v) is 10.5. The molecule has 130 valence electrons. The first-order valence-electron chi connectivity index (χ1n) is 8.37. The van der Waals surface area contributed by atoms with Crippen molar-refractivity contribution in [2.45, 2.75) is 6.92 Å². The maximum Gasteiger partial charge on any atom is 0.171 e. The highest BCUT2D eigenvalue weighted by molar-refractivity contribution is 7.87. The summed E-state index contributed by atoms with van der Waals surface area (Å²) in [6.45, 7) is 5.93. The van der Waals surface area contributed by atoms with E-state index >= 15 is 0 Å². The van der Waals surface area contributed by atoms with Crippen molar-refractivity contribution in [2.75, 3.05) is 0 Å². The molecule has 0 aromatic heterocycles. The standard InChI is InChI=1S/C23H20ClOP/c1-18(2)17-23(19-9-5-3-6-10-19)26(25,21-11-7-4-8-12-21)22-15-13-20(24)14-16-22/h3-17H,1H2,2H3/b23-17+. The van der Waals surface area contributed by atoms with Crippen molar-refractivity contribution in [3.63, 3.8) is 0 Å². The summed E-state index contributed by atoms with van der Waals surface area (Å²) >= 11 is 6.07. The maximum atomic E-state index is 14.6. The highest BCUT2D eigenvalue weighted by atomic mass is 35.5. The van der Waals surface area contributed by atoms with Gasteiger partial charge in [-0.2, -0.15) is 0 Å². The summed E-state index contributed by atoms with van der Waals surface area (Å²) in [6.07, 6.45) is 1.93. The molecule has 0 amide bonds. The highest BCUT2D eigenvalue weighted by Gasteiger charge is 2.32. The largest absolute Gasteiger partial charge is 0.309 e. The topological polar surface area (TPSA) is 17.1 Å². The molecular formula is C23H20ClOP. The molecular weight excluding hydrogens is 359 g/mol. The molecule has 3 heteroatoms. The Morgan fingerprint density at radius 2 is 1.35 bits per heavy atom. The molecule has 0 heterocycles. The van der Waals surface area contributed by atoms with Crippen molar-refractivity contribution in [3.8, 4) is 0 Å². The first-order chi connectivity index (χ1) is 12.5. The summed E-state index contributed by atoms with van der Waals surface area (Å²) in [6, 6.07) is 26.7. The van der Waals surface area contributed by atoms with Crippen LogP contribution in [0.4, 0.5) is 0 Å². The number of rotatable bonds is 5. The van der Waals surface area contributed by atoms with E-state index in [1.165, 1.54) is 0 Å². The van der Waals surface area contributed by atoms with Crippen LogP contribution in [0.2, 0.25) is 5.02 Å².